The van der Waals surface area contributed by atoms with Crippen LogP contribution in [-0.4, -0.2) is 5.91 Å². The lowest BCUT2D eigenvalue weighted by Gasteiger charge is -1.95. The van der Waals surface area contributed by atoms with Crippen molar-refractivity contribution in [3.05, 3.63) is 23.7 Å². The molecule has 0 aliphatic heterocycles. The van der Waals surface area contributed by atoms with E-state index in [0.29, 0.717) is 12.3 Å². The van der Waals surface area contributed by atoms with Crippen LogP contribution < -0.4 is 5.32 Å². The third-order valence-corrected chi connectivity index (χ3v) is 1.28. The van der Waals surface area contributed by atoms with E-state index in [1.165, 1.54) is 6.92 Å². The highest BCUT2D eigenvalue weighted by atomic mass is 16.3. The average Bonchev–Trinajstić information content (AvgIpc) is 2.48. The molecule has 1 aromatic heterocycles. The second-order valence-electron chi connectivity index (χ2n) is 2.29. The second kappa shape index (κ2) is 3.58. The third-order valence-electron chi connectivity index (χ3n) is 1.28. The molecule has 0 radical (unpaired) electrons. The van der Waals surface area contributed by atoms with Gasteiger partial charge in [0, 0.05) is 6.92 Å². The highest BCUT2D eigenvalue weighted by molar-refractivity contribution is 5.72. The maximum absolute atomic E-state index is 10.5. The lowest BCUT2D eigenvalue weighted by Crippen LogP contribution is -2.18. The molecule has 4 heteroatoms. The molecule has 0 aliphatic carbocycles. The second-order valence-corrected chi connectivity index (χ2v) is 2.29. The summed E-state index contributed by atoms with van der Waals surface area (Å²) in [6.45, 7) is 1.76. The number of amides is 1. The summed E-state index contributed by atoms with van der Waals surface area (Å²) in [6.07, 6.45) is 0. The molecule has 0 saturated carbocycles. The van der Waals surface area contributed by atoms with Gasteiger partial charge in [-0.15, -0.1) is 0 Å². The fourth-order valence-electron chi connectivity index (χ4n) is 0.745. The Balaban J connectivity index is 2.54. The van der Waals surface area contributed by atoms with E-state index in [0.717, 1.165) is 0 Å². The van der Waals surface area contributed by atoms with Crippen LogP contribution in [-0.2, 0) is 11.3 Å². The third kappa shape index (κ3) is 2.13. The number of nitrogens with one attached hydrogen (secondary N) is 1. The number of hydrogen-bond acceptors (Lipinski definition) is 3. The average molecular weight is 164 g/mol. The van der Waals surface area contributed by atoms with Gasteiger partial charge >= 0.3 is 0 Å². The first-order valence-corrected chi connectivity index (χ1v) is 3.45. The summed E-state index contributed by atoms with van der Waals surface area (Å²) in [5.74, 6) is 0.724. The number of rotatable bonds is 2. The molecule has 0 unspecified atom stereocenters. The summed E-state index contributed by atoms with van der Waals surface area (Å²) < 4.78 is 5.01. The maximum Gasteiger partial charge on any atom is 0.217 e. The van der Waals surface area contributed by atoms with Crippen LogP contribution in [0.4, 0.5) is 0 Å². The van der Waals surface area contributed by atoms with E-state index >= 15 is 0 Å². The molecule has 1 amide bonds. The topological polar surface area (TPSA) is 66.0 Å². The van der Waals surface area contributed by atoms with Gasteiger partial charge in [-0.05, 0) is 12.1 Å². The maximum atomic E-state index is 10.5. The molecule has 1 aromatic rings. The zero-order chi connectivity index (χ0) is 8.97. The molecule has 4 nitrogen and oxygen atoms in total. The van der Waals surface area contributed by atoms with Crippen LogP contribution in [0.5, 0.6) is 0 Å². The molecule has 1 heterocycles. The van der Waals surface area contributed by atoms with Gasteiger partial charge in [0.2, 0.25) is 11.7 Å². The molecule has 1 N–H and O–H groups in total. The Kier molecular flexibility index (Phi) is 2.49. The van der Waals surface area contributed by atoms with Crippen LogP contribution in [0.15, 0.2) is 16.5 Å². The normalized spacial score (nSPS) is 9.00. The molecule has 1 rings (SSSR count). The van der Waals surface area contributed by atoms with Crippen molar-refractivity contribution in [1.82, 2.24) is 5.32 Å². The first kappa shape index (κ1) is 8.34. The van der Waals surface area contributed by atoms with Crippen molar-refractivity contribution in [2.45, 2.75) is 13.5 Å². The minimum Gasteiger partial charge on any atom is -0.449 e. The van der Waals surface area contributed by atoms with Gasteiger partial charge in [-0.2, -0.15) is 5.26 Å². The standard InChI is InChI=1S/C8H8N2O2/c1-6(11)10-5-8-3-2-7(4-9)12-8/h2-3H,5H2,1H3,(H,10,11). The molecule has 0 atom stereocenters. The number of hydrogen-bond donors (Lipinski definition) is 1. The predicted molar refractivity (Wildman–Crippen MR) is 40.9 cm³/mol. The van der Waals surface area contributed by atoms with E-state index in [4.69, 9.17) is 9.68 Å². The van der Waals surface area contributed by atoms with Gasteiger partial charge in [-0.3, -0.25) is 4.79 Å². The fraction of sp³-hybridized carbons (Fsp3) is 0.250. The fourth-order valence-corrected chi connectivity index (χ4v) is 0.745. The number of nitriles is 1. The molecule has 12 heavy (non-hydrogen) atoms. The Labute approximate surface area is 69.8 Å². The Morgan fingerprint density at radius 3 is 3.00 bits per heavy atom. The summed E-state index contributed by atoms with van der Waals surface area (Å²) in [5, 5.41) is 11.0. The van der Waals surface area contributed by atoms with E-state index in [-0.39, 0.29) is 11.7 Å². The summed E-state index contributed by atoms with van der Waals surface area (Å²) in [4.78, 5) is 10.5. The van der Waals surface area contributed by atoms with Crippen molar-refractivity contribution in [2.24, 2.45) is 0 Å². The van der Waals surface area contributed by atoms with Gasteiger partial charge in [0.05, 0.1) is 6.54 Å². The van der Waals surface area contributed by atoms with E-state index in [9.17, 15) is 4.79 Å². The van der Waals surface area contributed by atoms with Crippen molar-refractivity contribution in [3.8, 4) is 6.07 Å². The highest BCUT2D eigenvalue weighted by Gasteiger charge is 2.00. The number of furan rings is 1. The zero-order valence-corrected chi connectivity index (χ0v) is 6.63. The first-order chi connectivity index (χ1) is 5.72. The molecule has 0 fully saturated rings. The monoisotopic (exact) mass is 164 g/mol. The van der Waals surface area contributed by atoms with Gasteiger partial charge in [0.1, 0.15) is 11.8 Å². The van der Waals surface area contributed by atoms with E-state index in [1.54, 1.807) is 12.1 Å². The Morgan fingerprint density at radius 1 is 1.75 bits per heavy atom. The molecule has 62 valence electrons. The van der Waals surface area contributed by atoms with Crippen molar-refractivity contribution in [1.29, 1.82) is 5.26 Å². The molecular formula is C8H8N2O2. The SMILES string of the molecule is CC(=O)NCc1ccc(C#N)o1. The van der Waals surface area contributed by atoms with Crippen LogP contribution in [0.3, 0.4) is 0 Å². The zero-order valence-electron chi connectivity index (χ0n) is 6.63. The van der Waals surface area contributed by atoms with E-state index in [1.807, 2.05) is 6.07 Å². The number of carbonyl (C=O) groups is 1. The van der Waals surface area contributed by atoms with Crippen LogP contribution in [0.25, 0.3) is 0 Å². The smallest absolute Gasteiger partial charge is 0.217 e. The van der Waals surface area contributed by atoms with Gasteiger partial charge < -0.3 is 9.73 Å². The van der Waals surface area contributed by atoms with Gasteiger partial charge in [0.15, 0.2) is 0 Å². The minimum atomic E-state index is -0.120. The number of carbonyl (C=O) groups excluding carboxylic acids is 1. The van der Waals surface area contributed by atoms with Crippen molar-refractivity contribution in [2.75, 3.05) is 0 Å². The predicted octanol–water partition coefficient (Wildman–Crippen LogP) is 0.787. The van der Waals surface area contributed by atoms with Crippen LogP contribution in [0.2, 0.25) is 0 Å². The Hall–Kier alpha value is -1.76. The Bertz CT molecular complexity index is 322. The summed E-state index contributed by atoms with van der Waals surface area (Å²) in [6, 6.07) is 5.08. The molecule has 0 saturated heterocycles. The Morgan fingerprint density at radius 2 is 2.50 bits per heavy atom. The molecular weight excluding hydrogens is 156 g/mol. The van der Waals surface area contributed by atoms with Crippen molar-refractivity contribution in [3.63, 3.8) is 0 Å². The lowest BCUT2D eigenvalue weighted by atomic mass is 10.4. The van der Waals surface area contributed by atoms with Crippen LogP contribution in [0.1, 0.15) is 18.4 Å². The van der Waals surface area contributed by atoms with Crippen molar-refractivity contribution >= 4 is 5.91 Å². The quantitative estimate of drug-likeness (QED) is 0.702. The van der Waals surface area contributed by atoms with E-state index < -0.39 is 0 Å². The minimum absolute atomic E-state index is 0.120. The summed E-state index contributed by atoms with van der Waals surface area (Å²) in [5.41, 5.74) is 0. The molecule has 0 spiro atoms. The molecule has 0 aromatic carbocycles. The summed E-state index contributed by atoms with van der Waals surface area (Å²) in [7, 11) is 0. The highest BCUT2D eigenvalue weighted by Crippen LogP contribution is 2.05. The first-order valence-electron chi connectivity index (χ1n) is 3.45. The molecule has 0 aliphatic rings. The van der Waals surface area contributed by atoms with Crippen LogP contribution in [0, 0.1) is 11.3 Å². The van der Waals surface area contributed by atoms with Crippen LogP contribution >= 0.6 is 0 Å². The largest absolute Gasteiger partial charge is 0.449 e. The van der Waals surface area contributed by atoms with E-state index in [2.05, 4.69) is 5.32 Å². The lowest BCUT2D eigenvalue weighted by molar-refractivity contribution is -0.119. The van der Waals surface area contributed by atoms with Crippen molar-refractivity contribution < 1.29 is 9.21 Å². The number of nitrogens with zero attached hydrogens (tertiary/aromatic N) is 1. The summed E-state index contributed by atoms with van der Waals surface area (Å²) >= 11 is 0. The van der Waals surface area contributed by atoms with Gasteiger partial charge in [-0.1, -0.05) is 0 Å². The van der Waals surface area contributed by atoms with Gasteiger partial charge in [0.25, 0.3) is 0 Å². The molecule has 0 bridgehead atoms. The van der Waals surface area contributed by atoms with Gasteiger partial charge in [-0.25, -0.2) is 0 Å².